The molecule has 96 heavy (non-hydrogen) atoms. The maximum atomic E-state index is 15.1. The van der Waals surface area contributed by atoms with Crippen molar-refractivity contribution in [3.8, 4) is 0 Å². The van der Waals surface area contributed by atoms with Crippen LogP contribution in [0.3, 0.4) is 0 Å². The third kappa shape index (κ3) is 27.3. The van der Waals surface area contributed by atoms with Crippen LogP contribution in [0.2, 0.25) is 0 Å². The molecule has 0 bridgehead atoms. The summed E-state index contributed by atoms with van der Waals surface area (Å²) in [6, 6.07) is -13.3. The smallest absolute Gasteiger partial charge is 0.326 e. The highest BCUT2D eigenvalue weighted by molar-refractivity contribution is 5.99. The second-order valence-electron chi connectivity index (χ2n) is 28.8. The summed E-state index contributed by atoms with van der Waals surface area (Å²) in [4.78, 5) is 178. The molecule has 10 amide bonds. The fourth-order valence-corrected chi connectivity index (χ4v) is 11.5. The number of nitrogens with zero attached hydrogens (tertiary/aromatic N) is 6. The van der Waals surface area contributed by atoms with E-state index in [1.54, 1.807) is 74.6 Å². The zero-order chi connectivity index (χ0) is 74.9. The van der Waals surface area contributed by atoms with Crippen molar-refractivity contribution >= 4 is 71.0 Å². The second kappa shape index (κ2) is 41.5. The average molecular weight is 1360 g/mol. The van der Waals surface area contributed by atoms with Crippen LogP contribution in [-0.4, -0.2) is 253 Å². The molecule has 27 heteroatoms. The lowest BCUT2D eigenvalue weighted by atomic mass is 9.91. The van der Waals surface area contributed by atoms with Gasteiger partial charge in [0.2, 0.25) is 59.1 Å². The Kier molecular flexibility index (Phi) is 38.6. The molecule has 0 unspecified atom stereocenters. The van der Waals surface area contributed by atoms with E-state index in [-0.39, 0.29) is 56.7 Å². The number of methoxy groups -OCH3 is 1. The second-order valence-corrected chi connectivity index (χ2v) is 28.8. The van der Waals surface area contributed by atoms with Crippen molar-refractivity contribution in [2.45, 2.75) is 249 Å². The zero-order valence-electron chi connectivity index (χ0n) is 63.3. The largest absolute Gasteiger partial charge is 0.480 e. The van der Waals surface area contributed by atoms with Crippen LogP contribution in [0.4, 0.5) is 0 Å². The van der Waals surface area contributed by atoms with E-state index >= 15 is 14.4 Å². The maximum absolute atomic E-state index is 15.1. The Labute approximate surface area is 573 Å². The molecule has 552 valence electrons. The van der Waals surface area contributed by atoms with Crippen LogP contribution in [0.15, 0.2) is 12.2 Å². The summed E-state index contributed by atoms with van der Waals surface area (Å²) in [5.41, 5.74) is -0.546. The van der Waals surface area contributed by atoms with Gasteiger partial charge in [-0.15, -0.1) is 0 Å². The topological polar surface area (TPSA) is 332 Å². The minimum Gasteiger partial charge on any atom is -0.480 e. The van der Waals surface area contributed by atoms with Gasteiger partial charge in [-0.3, -0.25) is 52.7 Å². The highest BCUT2D eigenvalue weighted by Crippen LogP contribution is 2.27. The summed E-state index contributed by atoms with van der Waals surface area (Å²) in [5.74, 6) is -11.5. The molecule has 0 saturated heterocycles. The van der Waals surface area contributed by atoms with Crippen LogP contribution in [0, 0.1) is 41.4 Å². The van der Waals surface area contributed by atoms with E-state index < -0.39 is 173 Å². The molecule has 0 spiro atoms. The third-order valence-electron chi connectivity index (χ3n) is 17.1. The van der Waals surface area contributed by atoms with Gasteiger partial charge in [-0.2, -0.15) is 0 Å². The number of carbonyl (C=O) groups is 12. The standard InChI is InChI=1S/C69H125N11O16/c1-29-31-32-43(13)57(96-47(17)81)56(61(85)73-48(30-2)68(92)93)80(27)67(91)54(42(11)12)78(25)65(89)52(35-40(7)8)77(24)64(88)51(34-39(5)6)76(23)62(86)46(16)72-58(82)45(15)71-59(83)50(33-38(3)4)75(22)66(90)53(41(9)10)74-60(84)55(44(14)36-94-28)79(26)63(87)49(70-21)37-95-69(18,19)20/h29,31,38-46,48-57,70H,30,32-37H2,1-28H3,(H,71,83)(H,72,82)(H,73,85)(H,74,84)(H,92,93)/b31-29+/t43-,44-,45+,46-,48+,49-,50+,51+,52+,53+,54+,55+,56+,57-/m1/s1. The Hall–Kier alpha value is -6.74. The highest BCUT2D eigenvalue weighted by atomic mass is 16.5. The van der Waals surface area contributed by atoms with Crippen LogP contribution in [0.5, 0.6) is 0 Å². The van der Waals surface area contributed by atoms with Crippen molar-refractivity contribution in [2.75, 3.05) is 69.7 Å². The highest BCUT2D eigenvalue weighted by Gasteiger charge is 2.47. The molecule has 6 N–H and O–H groups in total. The van der Waals surface area contributed by atoms with E-state index in [1.165, 1.54) is 87.7 Å². The number of carbonyl (C=O) groups excluding carboxylic acids is 11. The molecule has 0 radical (unpaired) electrons. The predicted octanol–water partition coefficient (Wildman–Crippen LogP) is 4.09. The molecule has 0 aromatic rings. The van der Waals surface area contributed by atoms with Gasteiger partial charge in [0.15, 0.2) is 0 Å². The number of hydrogen-bond donors (Lipinski definition) is 6. The number of hydrogen-bond acceptors (Lipinski definition) is 16. The lowest BCUT2D eigenvalue weighted by molar-refractivity contribution is -0.164. The summed E-state index contributed by atoms with van der Waals surface area (Å²) in [6.45, 7) is 34.5. The summed E-state index contributed by atoms with van der Waals surface area (Å²) in [5, 5.41) is 23.6. The molecule has 0 aliphatic rings. The van der Waals surface area contributed by atoms with E-state index in [0.29, 0.717) is 6.42 Å². The van der Waals surface area contributed by atoms with Gasteiger partial charge in [0.1, 0.15) is 72.6 Å². The number of allylic oxidation sites excluding steroid dienone is 2. The van der Waals surface area contributed by atoms with Crippen LogP contribution in [-0.2, 0) is 71.7 Å². The molecule has 0 aromatic carbocycles. The average Bonchev–Trinajstić information content (AvgIpc) is 0.805. The summed E-state index contributed by atoms with van der Waals surface area (Å²) < 4.78 is 17.1. The van der Waals surface area contributed by atoms with E-state index in [4.69, 9.17) is 14.2 Å². The molecule has 0 saturated carbocycles. The number of nitrogens with one attached hydrogen (secondary N) is 5. The Balaban J connectivity index is 7.09. The van der Waals surface area contributed by atoms with Crippen molar-refractivity contribution in [3.63, 3.8) is 0 Å². The molecule has 0 rings (SSSR count). The maximum Gasteiger partial charge on any atom is 0.326 e. The van der Waals surface area contributed by atoms with Crippen LogP contribution in [0.1, 0.15) is 171 Å². The van der Waals surface area contributed by atoms with E-state index in [2.05, 4.69) is 26.6 Å². The number of esters is 1. The SMILES string of the molecule is C/C=C/C[C@@H](C)[C@@H](OC(C)=O)[C@@H](C(=O)N[C@@H](CC)C(=O)O)N(C)C(=O)[C@H](C(C)C)N(C)C(=O)[C@H](CC(C)C)N(C)C(=O)[C@H](CC(C)C)N(C)C(=O)[C@@H](C)NC(=O)[C@H](C)NC(=O)[C@H](CC(C)C)N(C)C(=O)[C@@H](NC(=O)[C@H]([C@H](C)COC)N(C)C(=O)[C@@H](COC(C)(C)C)NC)C(C)C. The first kappa shape index (κ1) is 89.3. The first-order valence-electron chi connectivity index (χ1n) is 33.9. The number of ether oxygens (including phenoxy) is 3. The summed E-state index contributed by atoms with van der Waals surface area (Å²) in [7, 11) is 11.6. The minimum absolute atomic E-state index is 0.000316. The molecule has 27 nitrogen and oxygen atoms in total. The molecular weight excluding hydrogens is 1240 g/mol. The Bertz CT molecular complexity index is 2610. The first-order valence-corrected chi connectivity index (χ1v) is 33.9. The number of rotatable bonds is 41. The number of carboxylic acids is 1. The van der Waals surface area contributed by atoms with Crippen molar-refractivity contribution in [1.82, 2.24) is 56.0 Å². The number of amides is 10. The molecule has 0 aliphatic heterocycles. The van der Waals surface area contributed by atoms with Crippen LogP contribution in [0.25, 0.3) is 0 Å². The molecule has 14 atom stereocenters. The molecule has 0 heterocycles. The van der Waals surface area contributed by atoms with Crippen molar-refractivity contribution in [1.29, 1.82) is 0 Å². The van der Waals surface area contributed by atoms with Crippen molar-refractivity contribution in [3.05, 3.63) is 12.2 Å². The van der Waals surface area contributed by atoms with Gasteiger partial charge in [0.05, 0.1) is 18.8 Å². The molecular formula is C69H125N11O16. The summed E-state index contributed by atoms with van der Waals surface area (Å²) in [6.07, 6.45) is 3.00. The van der Waals surface area contributed by atoms with Gasteiger partial charge >= 0.3 is 11.9 Å². The van der Waals surface area contributed by atoms with Gasteiger partial charge < -0.3 is 75.3 Å². The monoisotopic (exact) mass is 1360 g/mol. The van der Waals surface area contributed by atoms with Gasteiger partial charge in [0, 0.05) is 62.2 Å². The lowest BCUT2D eigenvalue weighted by Gasteiger charge is -2.42. The van der Waals surface area contributed by atoms with Crippen LogP contribution >= 0.6 is 0 Å². The van der Waals surface area contributed by atoms with Crippen LogP contribution < -0.4 is 26.6 Å². The van der Waals surface area contributed by atoms with E-state index in [9.17, 15) is 48.3 Å². The van der Waals surface area contributed by atoms with Crippen molar-refractivity contribution in [2.24, 2.45) is 41.4 Å². The van der Waals surface area contributed by atoms with Gasteiger partial charge in [-0.25, -0.2) is 4.79 Å². The van der Waals surface area contributed by atoms with Gasteiger partial charge in [0.25, 0.3) is 0 Å². The number of carboxylic acid groups (broad SMARTS) is 1. The van der Waals surface area contributed by atoms with Crippen molar-refractivity contribution < 1.29 is 76.9 Å². The first-order chi connectivity index (χ1) is 44.2. The fourth-order valence-electron chi connectivity index (χ4n) is 11.5. The Morgan fingerprint density at radius 2 is 0.938 bits per heavy atom. The lowest BCUT2D eigenvalue weighted by Crippen LogP contribution is -2.63. The normalized spacial score (nSPS) is 16.3. The zero-order valence-corrected chi connectivity index (χ0v) is 63.3. The Morgan fingerprint density at radius 3 is 1.36 bits per heavy atom. The predicted molar refractivity (Wildman–Crippen MR) is 368 cm³/mol. The number of likely N-dealkylation sites (N-methyl/N-ethyl adjacent to an activating group) is 7. The van der Waals surface area contributed by atoms with E-state index in [0.717, 1.165) is 11.8 Å². The van der Waals surface area contributed by atoms with Gasteiger partial charge in [-0.1, -0.05) is 102 Å². The third-order valence-corrected chi connectivity index (χ3v) is 17.1. The van der Waals surface area contributed by atoms with E-state index in [1.807, 2.05) is 62.3 Å². The molecule has 0 fully saturated rings. The van der Waals surface area contributed by atoms with Gasteiger partial charge in [-0.05, 0) is 116 Å². The molecule has 0 aromatic heterocycles. The summed E-state index contributed by atoms with van der Waals surface area (Å²) >= 11 is 0. The molecule has 0 aliphatic carbocycles. The number of aliphatic carboxylic acids is 1. The minimum atomic E-state index is -1.56. The quantitative estimate of drug-likeness (QED) is 0.0371. The Morgan fingerprint density at radius 1 is 0.490 bits per heavy atom. The fraction of sp³-hybridized carbons (Fsp3) is 0.797.